The average Bonchev–Trinajstić information content (AvgIpc) is 2.30. The molecule has 1 aromatic carbocycles. The lowest BCUT2D eigenvalue weighted by molar-refractivity contribution is -0.0579. The zero-order valence-corrected chi connectivity index (χ0v) is 5.74. The van der Waals surface area contributed by atoms with Gasteiger partial charge in [0.1, 0.15) is 0 Å². The van der Waals surface area contributed by atoms with Gasteiger partial charge in [-0.25, -0.2) is 5.06 Å². The highest BCUT2D eigenvalue weighted by atomic mass is 16.5. The van der Waals surface area contributed by atoms with E-state index in [2.05, 4.69) is 6.07 Å². The van der Waals surface area contributed by atoms with Crippen LogP contribution in [0.1, 0.15) is 15.9 Å². The zero-order chi connectivity index (χ0) is 7.84. The second kappa shape index (κ2) is 2.07. The third-order valence-electron chi connectivity index (χ3n) is 1.71. The summed E-state index contributed by atoms with van der Waals surface area (Å²) in [5.74, 6) is -0.336. The lowest BCUT2D eigenvalue weighted by atomic mass is 10.1. The second-order valence-electron chi connectivity index (χ2n) is 2.43. The Hall–Kier alpha value is -1.35. The predicted octanol–water partition coefficient (Wildman–Crippen LogP) is 0.832. The molecule has 0 aromatic heterocycles. The summed E-state index contributed by atoms with van der Waals surface area (Å²) >= 11 is 0. The van der Waals surface area contributed by atoms with Gasteiger partial charge in [0, 0.05) is 5.56 Å². The first kappa shape index (κ1) is 6.37. The molecule has 1 aliphatic heterocycles. The van der Waals surface area contributed by atoms with Gasteiger partial charge in [0.15, 0.2) is 0 Å². The number of carbonyl (C=O) groups is 1. The van der Waals surface area contributed by atoms with E-state index in [1.165, 1.54) is 0 Å². The summed E-state index contributed by atoms with van der Waals surface area (Å²) in [6.45, 7) is 0.259. The number of rotatable bonds is 0. The van der Waals surface area contributed by atoms with Gasteiger partial charge in [-0.3, -0.25) is 10.0 Å². The summed E-state index contributed by atoms with van der Waals surface area (Å²) in [6.07, 6.45) is 0. The Balaban J connectivity index is 2.55. The molecule has 55 valence electrons. The molecular formula is C8H6NO2. The molecule has 2 rings (SSSR count). The standard InChI is InChI=1S/C8H6NO2/c10-8-7-4-2-1-3-6(7)5-9(8)11/h1-2,4,11H,5H2. The van der Waals surface area contributed by atoms with Crippen LogP contribution in [0, 0.1) is 6.07 Å². The highest BCUT2D eigenvalue weighted by molar-refractivity contribution is 5.97. The van der Waals surface area contributed by atoms with Gasteiger partial charge in [-0.05, 0) is 17.7 Å². The molecule has 1 radical (unpaired) electrons. The molecule has 0 unspecified atom stereocenters. The van der Waals surface area contributed by atoms with Crippen molar-refractivity contribution < 1.29 is 10.0 Å². The van der Waals surface area contributed by atoms with Crippen LogP contribution in [0.25, 0.3) is 0 Å². The van der Waals surface area contributed by atoms with Crippen LogP contribution in [0.3, 0.4) is 0 Å². The lowest BCUT2D eigenvalue weighted by Gasteiger charge is -2.01. The molecular weight excluding hydrogens is 142 g/mol. The van der Waals surface area contributed by atoms with E-state index >= 15 is 0 Å². The van der Waals surface area contributed by atoms with Gasteiger partial charge < -0.3 is 0 Å². The molecule has 0 fully saturated rings. The van der Waals surface area contributed by atoms with Crippen molar-refractivity contribution in [1.29, 1.82) is 0 Å². The van der Waals surface area contributed by atoms with Gasteiger partial charge in [-0.1, -0.05) is 12.1 Å². The van der Waals surface area contributed by atoms with Crippen molar-refractivity contribution in [3.8, 4) is 0 Å². The van der Waals surface area contributed by atoms with Gasteiger partial charge >= 0.3 is 0 Å². The van der Waals surface area contributed by atoms with E-state index in [0.717, 1.165) is 5.56 Å². The lowest BCUT2D eigenvalue weighted by Crippen LogP contribution is -2.18. The molecule has 0 spiro atoms. The van der Waals surface area contributed by atoms with Crippen LogP contribution in [-0.2, 0) is 6.54 Å². The summed E-state index contributed by atoms with van der Waals surface area (Å²) in [5.41, 5.74) is 1.31. The van der Waals surface area contributed by atoms with Crippen molar-refractivity contribution in [3.05, 3.63) is 35.4 Å². The van der Waals surface area contributed by atoms with Crippen LogP contribution in [0.2, 0.25) is 0 Å². The highest BCUT2D eigenvalue weighted by Crippen LogP contribution is 2.19. The van der Waals surface area contributed by atoms with Crippen LogP contribution in [0.4, 0.5) is 0 Å². The Bertz CT molecular complexity index is 309. The average molecular weight is 148 g/mol. The zero-order valence-electron chi connectivity index (χ0n) is 5.74. The van der Waals surface area contributed by atoms with Gasteiger partial charge in [0.05, 0.1) is 6.54 Å². The second-order valence-corrected chi connectivity index (χ2v) is 2.43. The molecule has 1 amide bonds. The normalized spacial score (nSPS) is 15.4. The predicted molar refractivity (Wildman–Crippen MR) is 36.9 cm³/mol. The summed E-state index contributed by atoms with van der Waals surface area (Å²) in [7, 11) is 0. The minimum atomic E-state index is -0.336. The van der Waals surface area contributed by atoms with Gasteiger partial charge in [-0.15, -0.1) is 0 Å². The fourth-order valence-corrected chi connectivity index (χ4v) is 1.16. The van der Waals surface area contributed by atoms with E-state index in [9.17, 15) is 4.79 Å². The number of hydroxylamine groups is 2. The van der Waals surface area contributed by atoms with Crippen LogP contribution in [-0.4, -0.2) is 16.2 Å². The molecule has 1 aromatic rings. The number of hydrogen-bond donors (Lipinski definition) is 1. The van der Waals surface area contributed by atoms with Crippen LogP contribution >= 0.6 is 0 Å². The number of carbonyl (C=O) groups excluding carboxylic acids is 1. The van der Waals surface area contributed by atoms with E-state index in [1.807, 2.05) is 0 Å². The monoisotopic (exact) mass is 148 g/mol. The first-order chi connectivity index (χ1) is 5.29. The van der Waals surface area contributed by atoms with Gasteiger partial charge in [0.2, 0.25) is 0 Å². The third-order valence-corrected chi connectivity index (χ3v) is 1.71. The minimum absolute atomic E-state index is 0.259. The third kappa shape index (κ3) is 0.816. The van der Waals surface area contributed by atoms with E-state index in [0.29, 0.717) is 10.6 Å². The molecule has 3 nitrogen and oxygen atoms in total. The van der Waals surface area contributed by atoms with Crippen LogP contribution in [0.15, 0.2) is 18.2 Å². The first-order valence-corrected chi connectivity index (χ1v) is 3.29. The molecule has 0 bridgehead atoms. The SMILES string of the molecule is O=C1c2ccc[c]c2CN1O. The molecule has 1 heterocycles. The van der Waals surface area contributed by atoms with Crippen LogP contribution in [0.5, 0.6) is 0 Å². The van der Waals surface area contributed by atoms with E-state index in [1.54, 1.807) is 18.2 Å². The smallest absolute Gasteiger partial charge is 0.277 e. The fourth-order valence-electron chi connectivity index (χ4n) is 1.16. The molecule has 1 N–H and O–H groups in total. The number of hydrogen-bond acceptors (Lipinski definition) is 2. The van der Waals surface area contributed by atoms with Crippen molar-refractivity contribution in [2.75, 3.05) is 0 Å². The van der Waals surface area contributed by atoms with Crippen molar-refractivity contribution >= 4 is 5.91 Å². The van der Waals surface area contributed by atoms with Gasteiger partial charge in [-0.2, -0.15) is 0 Å². The highest BCUT2D eigenvalue weighted by Gasteiger charge is 2.25. The van der Waals surface area contributed by atoms with Crippen molar-refractivity contribution in [3.63, 3.8) is 0 Å². The molecule has 3 heteroatoms. The first-order valence-electron chi connectivity index (χ1n) is 3.29. The minimum Gasteiger partial charge on any atom is -0.285 e. The Morgan fingerprint density at radius 2 is 2.45 bits per heavy atom. The fraction of sp³-hybridized carbons (Fsp3) is 0.125. The van der Waals surface area contributed by atoms with Crippen molar-refractivity contribution in [1.82, 2.24) is 5.06 Å². The quantitative estimate of drug-likeness (QED) is 0.553. The van der Waals surface area contributed by atoms with E-state index in [-0.39, 0.29) is 12.5 Å². The number of nitrogens with zero attached hydrogens (tertiary/aromatic N) is 1. The number of amides is 1. The maximum Gasteiger partial charge on any atom is 0.277 e. The maximum absolute atomic E-state index is 11.1. The molecule has 1 aliphatic rings. The topological polar surface area (TPSA) is 40.5 Å². The summed E-state index contributed by atoms with van der Waals surface area (Å²) < 4.78 is 0. The largest absolute Gasteiger partial charge is 0.285 e. The molecule has 11 heavy (non-hydrogen) atoms. The van der Waals surface area contributed by atoms with Gasteiger partial charge in [0.25, 0.3) is 5.91 Å². The van der Waals surface area contributed by atoms with E-state index in [4.69, 9.17) is 5.21 Å². The van der Waals surface area contributed by atoms with Crippen molar-refractivity contribution in [2.45, 2.75) is 6.54 Å². The summed E-state index contributed by atoms with van der Waals surface area (Å²) in [6, 6.07) is 8.03. The molecule has 0 aliphatic carbocycles. The summed E-state index contributed by atoms with van der Waals surface area (Å²) in [5, 5.41) is 9.68. The number of benzene rings is 1. The van der Waals surface area contributed by atoms with Crippen molar-refractivity contribution in [2.24, 2.45) is 0 Å². The Labute approximate surface area is 63.8 Å². The molecule has 0 saturated carbocycles. The Morgan fingerprint density at radius 3 is 3.18 bits per heavy atom. The molecule has 0 saturated heterocycles. The number of fused-ring (bicyclic) bond motifs is 1. The Kier molecular flexibility index (Phi) is 1.20. The molecule has 0 atom stereocenters. The Morgan fingerprint density at radius 1 is 1.64 bits per heavy atom. The summed E-state index contributed by atoms with van der Waals surface area (Å²) in [4.78, 5) is 11.1. The maximum atomic E-state index is 11.1. The van der Waals surface area contributed by atoms with Crippen LogP contribution < -0.4 is 0 Å². The van der Waals surface area contributed by atoms with E-state index < -0.39 is 0 Å².